The zero-order valence-electron chi connectivity index (χ0n) is 15.7. The molecule has 0 radical (unpaired) electrons. The molecule has 0 saturated heterocycles. The SMILES string of the molecule is Cc1ccc(OC[C@@H](C)NC(=O)c2cc(N(C)S(C)(=O)=O)ccc2Cl)cc1. The number of benzene rings is 2. The Kier molecular flexibility index (Phi) is 6.73. The number of ether oxygens (including phenoxy) is 1. The topological polar surface area (TPSA) is 75.7 Å². The molecule has 0 saturated carbocycles. The quantitative estimate of drug-likeness (QED) is 0.760. The van der Waals surface area contributed by atoms with E-state index in [1.807, 2.05) is 38.1 Å². The maximum atomic E-state index is 12.5. The van der Waals surface area contributed by atoms with E-state index in [0.29, 0.717) is 5.69 Å². The number of nitrogens with zero attached hydrogens (tertiary/aromatic N) is 1. The molecular weight excluding hydrogens is 388 g/mol. The van der Waals surface area contributed by atoms with Crippen molar-refractivity contribution in [1.82, 2.24) is 5.32 Å². The van der Waals surface area contributed by atoms with Crippen LogP contribution in [0.5, 0.6) is 5.75 Å². The lowest BCUT2D eigenvalue weighted by molar-refractivity contribution is 0.0927. The van der Waals surface area contributed by atoms with Gasteiger partial charge in [-0.25, -0.2) is 8.42 Å². The van der Waals surface area contributed by atoms with Crippen molar-refractivity contribution < 1.29 is 17.9 Å². The van der Waals surface area contributed by atoms with Crippen LogP contribution in [0.15, 0.2) is 42.5 Å². The highest BCUT2D eigenvalue weighted by atomic mass is 35.5. The highest BCUT2D eigenvalue weighted by Gasteiger charge is 2.18. The van der Waals surface area contributed by atoms with E-state index < -0.39 is 15.9 Å². The third-order valence-electron chi connectivity index (χ3n) is 3.95. The Morgan fingerprint density at radius 1 is 1.22 bits per heavy atom. The molecule has 6 nitrogen and oxygen atoms in total. The minimum absolute atomic E-state index is 0.201. The van der Waals surface area contributed by atoms with Crippen molar-refractivity contribution in [3.63, 3.8) is 0 Å². The largest absolute Gasteiger partial charge is 0.491 e. The van der Waals surface area contributed by atoms with Crippen LogP contribution in [0.4, 0.5) is 5.69 Å². The molecule has 2 aromatic carbocycles. The molecule has 0 heterocycles. The molecule has 0 fully saturated rings. The number of aryl methyl sites for hydroxylation is 1. The first-order valence-corrected chi connectivity index (χ1v) is 10.5. The van der Waals surface area contributed by atoms with Crippen LogP contribution in [0.25, 0.3) is 0 Å². The van der Waals surface area contributed by atoms with Gasteiger partial charge in [-0.2, -0.15) is 0 Å². The van der Waals surface area contributed by atoms with Gasteiger partial charge < -0.3 is 10.1 Å². The minimum atomic E-state index is -3.44. The third kappa shape index (κ3) is 5.87. The lowest BCUT2D eigenvalue weighted by atomic mass is 10.1. The van der Waals surface area contributed by atoms with Crippen molar-refractivity contribution in [1.29, 1.82) is 0 Å². The first-order valence-electron chi connectivity index (χ1n) is 8.31. The zero-order valence-corrected chi connectivity index (χ0v) is 17.3. The standard InChI is InChI=1S/C19H23ClN2O4S/c1-13-5-8-16(9-6-13)26-12-14(2)21-19(23)17-11-15(7-10-18(17)20)22(3)27(4,24)25/h5-11,14H,12H2,1-4H3,(H,21,23)/t14-/m1/s1. The summed E-state index contributed by atoms with van der Waals surface area (Å²) in [5, 5.41) is 3.05. The Balaban J connectivity index is 2.05. The summed E-state index contributed by atoms with van der Waals surface area (Å²) in [7, 11) is -2.02. The van der Waals surface area contributed by atoms with Crippen LogP contribution in [0.2, 0.25) is 5.02 Å². The molecule has 0 aliphatic heterocycles. The maximum absolute atomic E-state index is 12.5. The van der Waals surface area contributed by atoms with Gasteiger partial charge >= 0.3 is 0 Å². The molecule has 0 aliphatic rings. The Hall–Kier alpha value is -2.25. The minimum Gasteiger partial charge on any atom is -0.491 e. The van der Waals surface area contributed by atoms with E-state index >= 15 is 0 Å². The van der Waals surface area contributed by atoms with Gasteiger partial charge in [-0.1, -0.05) is 29.3 Å². The molecule has 27 heavy (non-hydrogen) atoms. The predicted molar refractivity (Wildman–Crippen MR) is 108 cm³/mol. The maximum Gasteiger partial charge on any atom is 0.253 e. The summed E-state index contributed by atoms with van der Waals surface area (Å²) in [5.41, 5.74) is 1.69. The molecular formula is C19H23ClN2O4S. The van der Waals surface area contributed by atoms with E-state index in [2.05, 4.69) is 5.32 Å². The number of rotatable bonds is 7. The van der Waals surface area contributed by atoms with Crippen LogP contribution in [-0.2, 0) is 10.0 Å². The Bertz CT molecular complexity index is 914. The summed E-state index contributed by atoms with van der Waals surface area (Å²) < 4.78 is 30.1. The molecule has 8 heteroatoms. The van der Waals surface area contributed by atoms with Gasteiger partial charge in [0.15, 0.2) is 0 Å². The molecule has 146 valence electrons. The van der Waals surface area contributed by atoms with Crippen molar-refractivity contribution in [3.05, 3.63) is 58.6 Å². The van der Waals surface area contributed by atoms with Crippen molar-refractivity contribution in [2.75, 3.05) is 24.2 Å². The van der Waals surface area contributed by atoms with E-state index in [1.54, 1.807) is 6.07 Å². The van der Waals surface area contributed by atoms with E-state index in [0.717, 1.165) is 21.9 Å². The number of hydrogen-bond donors (Lipinski definition) is 1. The first-order chi connectivity index (χ1) is 12.6. The fraction of sp³-hybridized carbons (Fsp3) is 0.316. The van der Waals surface area contributed by atoms with Gasteiger partial charge in [0.25, 0.3) is 5.91 Å². The van der Waals surface area contributed by atoms with E-state index in [4.69, 9.17) is 16.3 Å². The monoisotopic (exact) mass is 410 g/mol. The number of carbonyl (C=O) groups excluding carboxylic acids is 1. The Labute approximate surface area is 165 Å². The number of sulfonamides is 1. The number of amides is 1. The second kappa shape index (κ2) is 8.63. The molecule has 1 N–H and O–H groups in total. The van der Waals surface area contributed by atoms with Crippen molar-refractivity contribution in [3.8, 4) is 5.75 Å². The van der Waals surface area contributed by atoms with Crippen LogP contribution in [0, 0.1) is 6.92 Å². The van der Waals surface area contributed by atoms with Gasteiger partial charge in [-0.15, -0.1) is 0 Å². The van der Waals surface area contributed by atoms with Crippen LogP contribution in [0.1, 0.15) is 22.8 Å². The molecule has 0 spiro atoms. The summed E-state index contributed by atoms with van der Waals surface area (Å²) in [6, 6.07) is 11.9. The predicted octanol–water partition coefficient (Wildman–Crippen LogP) is 3.24. The average molecular weight is 411 g/mol. The lowest BCUT2D eigenvalue weighted by Gasteiger charge is -2.19. The second-order valence-corrected chi connectivity index (χ2v) is 8.81. The molecule has 2 aromatic rings. The zero-order chi connectivity index (χ0) is 20.2. The van der Waals surface area contributed by atoms with Crippen LogP contribution >= 0.6 is 11.6 Å². The van der Waals surface area contributed by atoms with Gasteiger partial charge in [0.05, 0.1) is 28.6 Å². The Morgan fingerprint density at radius 3 is 2.44 bits per heavy atom. The summed E-state index contributed by atoms with van der Waals surface area (Å²) >= 11 is 6.12. The van der Waals surface area contributed by atoms with E-state index in [1.165, 1.54) is 19.2 Å². The van der Waals surface area contributed by atoms with E-state index in [9.17, 15) is 13.2 Å². The first kappa shape index (κ1) is 21.1. The summed E-state index contributed by atoms with van der Waals surface area (Å²) in [5.74, 6) is 0.320. The number of hydrogen-bond acceptors (Lipinski definition) is 4. The normalized spacial score (nSPS) is 12.3. The van der Waals surface area contributed by atoms with E-state index in [-0.39, 0.29) is 23.2 Å². The van der Waals surface area contributed by atoms with Gasteiger partial charge in [-0.3, -0.25) is 9.10 Å². The molecule has 0 aromatic heterocycles. The van der Waals surface area contributed by atoms with Gasteiger partial charge in [0, 0.05) is 7.05 Å². The van der Waals surface area contributed by atoms with Crippen molar-refractivity contribution in [2.24, 2.45) is 0 Å². The highest BCUT2D eigenvalue weighted by molar-refractivity contribution is 7.92. The molecule has 1 amide bonds. The summed E-state index contributed by atoms with van der Waals surface area (Å²) in [6.07, 6.45) is 1.09. The Morgan fingerprint density at radius 2 is 1.85 bits per heavy atom. The van der Waals surface area contributed by atoms with Gasteiger partial charge in [-0.05, 0) is 44.2 Å². The van der Waals surface area contributed by atoms with Crippen LogP contribution in [-0.4, -0.2) is 40.3 Å². The summed E-state index contributed by atoms with van der Waals surface area (Å²) in [4.78, 5) is 12.5. The molecule has 2 rings (SSSR count). The molecule has 0 aliphatic carbocycles. The fourth-order valence-corrected chi connectivity index (χ4v) is 2.97. The number of halogens is 1. The van der Waals surface area contributed by atoms with Crippen LogP contribution in [0.3, 0.4) is 0 Å². The number of nitrogens with one attached hydrogen (secondary N) is 1. The molecule has 0 unspecified atom stereocenters. The second-order valence-electron chi connectivity index (χ2n) is 6.39. The molecule has 0 bridgehead atoms. The third-order valence-corrected chi connectivity index (χ3v) is 5.49. The van der Waals surface area contributed by atoms with Crippen molar-refractivity contribution in [2.45, 2.75) is 19.9 Å². The van der Waals surface area contributed by atoms with Gasteiger partial charge in [0.2, 0.25) is 10.0 Å². The van der Waals surface area contributed by atoms with Crippen molar-refractivity contribution >= 4 is 33.2 Å². The lowest BCUT2D eigenvalue weighted by Crippen LogP contribution is -2.37. The summed E-state index contributed by atoms with van der Waals surface area (Å²) in [6.45, 7) is 4.09. The number of anilines is 1. The molecule has 1 atom stereocenters. The van der Waals surface area contributed by atoms with Crippen LogP contribution < -0.4 is 14.4 Å². The average Bonchev–Trinajstić information content (AvgIpc) is 2.60. The highest BCUT2D eigenvalue weighted by Crippen LogP contribution is 2.24. The fourth-order valence-electron chi connectivity index (χ4n) is 2.27. The van der Waals surface area contributed by atoms with Gasteiger partial charge in [0.1, 0.15) is 12.4 Å². The number of carbonyl (C=O) groups is 1. The smallest absolute Gasteiger partial charge is 0.253 e.